The van der Waals surface area contributed by atoms with Crippen LogP contribution in [-0.2, 0) is 23.6 Å². The summed E-state index contributed by atoms with van der Waals surface area (Å²) in [6.45, 7) is 1.65. The Morgan fingerprint density at radius 2 is 1.50 bits per heavy atom. The maximum Gasteiger partial charge on any atom is 0.417 e. The van der Waals surface area contributed by atoms with Gasteiger partial charge in [-0.25, -0.2) is 13.3 Å². The topological polar surface area (TPSA) is 50.5 Å². The van der Waals surface area contributed by atoms with Gasteiger partial charge in [0.2, 0.25) is 0 Å². The molecule has 0 radical (unpaired) electrons. The van der Waals surface area contributed by atoms with Gasteiger partial charge >= 0.3 is 11.8 Å². The van der Waals surface area contributed by atoms with Gasteiger partial charge in [0, 0.05) is 24.5 Å². The van der Waals surface area contributed by atoms with E-state index in [2.05, 4.69) is 0 Å². The van der Waals surface area contributed by atoms with Gasteiger partial charge in [-0.15, -0.1) is 0 Å². The lowest BCUT2D eigenvalue weighted by atomic mass is 10.0. The molecule has 8 heteroatoms. The van der Waals surface area contributed by atoms with Gasteiger partial charge < -0.3 is 4.42 Å². The number of hydrogen-bond acceptors (Lipinski definition) is 3. The lowest BCUT2D eigenvalue weighted by molar-refractivity contribution is -0.136. The van der Waals surface area contributed by atoms with Crippen LogP contribution in [0.1, 0.15) is 48.8 Å². The summed E-state index contributed by atoms with van der Waals surface area (Å²) in [5.74, 6) is 0. The molecule has 32 heavy (non-hydrogen) atoms. The second-order valence-electron chi connectivity index (χ2n) is 8.07. The summed E-state index contributed by atoms with van der Waals surface area (Å²) in [6, 6.07) is 12.3. The highest BCUT2D eigenvalue weighted by Crippen LogP contribution is 2.34. The van der Waals surface area contributed by atoms with Crippen LogP contribution in [0.4, 0.5) is 13.2 Å². The summed E-state index contributed by atoms with van der Waals surface area (Å²) < 4.78 is 60.0. The molecule has 1 aliphatic rings. The minimum Gasteiger partial charge on any atom is -0.423 e. The van der Waals surface area contributed by atoms with Crippen LogP contribution in [0.15, 0.2) is 62.6 Å². The van der Waals surface area contributed by atoms with Crippen molar-refractivity contribution in [2.75, 3.05) is 13.1 Å². The molecule has 0 N–H and O–H groups in total. The van der Waals surface area contributed by atoms with Crippen LogP contribution < -0.4 is 5.63 Å². The highest BCUT2D eigenvalue weighted by atomic mass is 32.2. The fourth-order valence-electron chi connectivity index (χ4n) is 4.05. The zero-order valence-electron chi connectivity index (χ0n) is 17.5. The summed E-state index contributed by atoms with van der Waals surface area (Å²) in [4.78, 5) is 12.2. The Balaban J connectivity index is 1.53. The SMILES string of the molecule is O=c1cc(C(F)(F)F)c2cc(Cc3ccc(S(=O)N4CCCCCCC4)cc3)ccc2o1. The van der Waals surface area contributed by atoms with Crippen LogP contribution >= 0.6 is 0 Å². The van der Waals surface area contributed by atoms with Gasteiger partial charge in [-0.2, -0.15) is 13.2 Å². The molecule has 0 bridgehead atoms. The summed E-state index contributed by atoms with van der Waals surface area (Å²) >= 11 is 0. The maximum atomic E-state index is 13.4. The summed E-state index contributed by atoms with van der Waals surface area (Å²) in [7, 11) is -1.21. The van der Waals surface area contributed by atoms with E-state index in [1.165, 1.54) is 18.6 Å². The third-order valence-electron chi connectivity index (χ3n) is 5.70. The van der Waals surface area contributed by atoms with Gasteiger partial charge in [0.05, 0.1) is 10.5 Å². The standard InChI is InChI=1S/C24H24F3NO3S/c25-24(26,27)21-16-23(29)31-22-11-8-18(15-20(21)22)14-17-6-9-19(10-7-17)32(30)28-12-4-2-1-3-5-13-28/h6-11,15-16H,1-5,12-14H2. The number of nitrogens with zero attached hydrogens (tertiary/aromatic N) is 1. The monoisotopic (exact) mass is 463 g/mol. The summed E-state index contributed by atoms with van der Waals surface area (Å²) in [5, 5.41) is -0.135. The predicted octanol–water partition coefficient (Wildman–Crippen LogP) is 5.69. The van der Waals surface area contributed by atoms with Crippen molar-refractivity contribution in [2.24, 2.45) is 0 Å². The van der Waals surface area contributed by atoms with Crippen LogP contribution in [0, 0.1) is 0 Å². The number of rotatable bonds is 4. The molecule has 4 nitrogen and oxygen atoms in total. The molecule has 1 aromatic heterocycles. The molecule has 1 aliphatic heterocycles. The van der Waals surface area contributed by atoms with Crippen molar-refractivity contribution in [1.29, 1.82) is 0 Å². The smallest absolute Gasteiger partial charge is 0.417 e. The lowest BCUT2D eigenvalue weighted by Gasteiger charge is -2.23. The van der Waals surface area contributed by atoms with Crippen molar-refractivity contribution in [3.8, 4) is 0 Å². The highest BCUT2D eigenvalue weighted by molar-refractivity contribution is 7.82. The molecule has 2 aromatic carbocycles. The summed E-state index contributed by atoms with van der Waals surface area (Å²) in [5.41, 5.74) is -0.559. The molecule has 1 atom stereocenters. The molecule has 1 unspecified atom stereocenters. The van der Waals surface area contributed by atoms with Crippen LogP contribution in [-0.4, -0.2) is 21.6 Å². The predicted molar refractivity (Wildman–Crippen MR) is 118 cm³/mol. The van der Waals surface area contributed by atoms with E-state index in [0.717, 1.165) is 49.2 Å². The highest BCUT2D eigenvalue weighted by Gasteiger charge is 2.33. The average molecular weight is 464 g/mol. The van der Waals surface area contributed by atoms with Crippen molar-refractivity contribution in [3.05, 3.63) is 75.6 Å². The molecular formula is C24H24F3NO3S. The molecule has 1 saturated heterocycles. The molecular weight excluding hydrogens is 439 g/mol. The van der Waals surface area contributed by atoms with E-state index >= 15 is 0 Å². The van der Waals surface area contributed by atoms with Gasteiger partial charge in [-0.3, -0.25) is 0 Å². The van der Waals surface area contributed by atoms with Crippen LogP contribution in [0.5, 0.6) is 0 Å². The minimum absolute atomic E-state index is 0.0902. The normalized spacial score (nSPS) is 17.1. The first kappa shape index (κ1) is 22.7. The Bertz CT molecular complexity index is 1160. The van der Waals surface area contributed by atoms with E-state index in [9.17, 15) is 22.2 Å². The Morgan fingerprint density at radius 3 is 2.16 bits per heavy atom. The maximum absolute atomic E-state index is 13.4. The molecule has 0 saturated carbocycles. The van der Waals surface area contributed by atoms with E-state index in [0.29, 0.717) is 18.1 Å². The Hall–Kier alpha value is -2.45. The largest absolute Gasteiger partial charge is 0.423 e. The van der Waals surface area contributed by atoms with Crippen molar-refractivity contribution in [3.63, 3.8) is 0 Å². The first-order valence-electron chi connectivity index (χ1n) is 10.7. The number of benzene rings is 2. The van der Waals surface area contributed by atoms with E-state index < -0.39 is 28.4 Å². The molecule has 2 heterocycles. The van der Waals surface area contributed by atoms with Crippen LogP contribution in [0.25, 0.3) is 11.0 Å². The fourth-order valence-corrected chi connectivity index (χ4v) is 5.30. The molecule has 1 fully saturated rings. The van der Waals surface area contributed by atoms with Gasteiger partial charge in [-0.1, -0.05) is 37.5 Å². The second kappa shape index (κ2) is 9.58. The Labute approximate surface area is 186 Å². The van der Waals surface area contributed by atoms with Crippen molar-refractivity contribution >= 4 is 22.0 Å². The fraction of sp³-hybridized carbons (Fsp3) is 0.375. The van der Waals surface area contributed by atoms with E-state index in [1.54, 1.807) is 6.07 Å². The van der Waals surface area contributed by atoms with Crippen LogP contribution in [0.2, 0.25) is 0 Å². The molecule has 4 rings (SSSR count). The van der Waals surface area contributed by atoms with Crippen LogP contribution in [0.3, 0.4) is 0 Å². The Morgan fingerprint density at radius 1 is 0.875 bits per heavy atom. The van der Waals surface area contributed by atoms with Gasteiger partial charge in [0.25, 0.3) is 0 Å². The quantitative estimate of drug-likeness (QED) is 0.467. The number of alkyl halides is 3. The lowest BCUT2D eigenvalue weighted by Crippen LogP contribution is -2.29. The molecule has 0 aliphatic carbocycles. The third-order valence-corrected chi connectivity index (χ3v) is 7.20. The number of halogens is 3. The van der Waals surface area contributed by atoms with E-state index in [4.69, 9.17) is 4.42 Å². The molecule has 0 spiro atoms. The molecule has 0 amide bonds. The third kappa shape index (κ3) is 5.30. The average Bonchev–Trinajstić information content (AvgIpc) is 2.73. The second-order valence-corrected chi connectivity index (χ2v) is 9.56. The minimum atomic E-state index is -4.65. The van der Waals surface area contributed by atoms with Gasteiger partial charge in [0.15, 0.2) is 0 Å². The van der Waals surface area contributed by atoms with Crippen molar-refractivity contribution in [2.45, 2.75) is 49.6 Å². The number of hydrogen-bond donors (Lipinski definition) is 0. The first-order valence-corrected chi connectivity index (χ1v) is 11.8. The van der Waals surface area contributed by atoms with Gasteiger partial charge in [0.1, 0.15) is 16.6 Å². The summed E-state index contributed by atoms with van der Waals surface area (Å²) in [6.07, 6.45) is 1.42. The van der Waals surface area contributed by atoms with Crippen molar-refractivity contribution in [1.82, 2.24) is 4.31 Å². The van der Waals surface area contributed by atoms with Gasteiger partial charge in [-0.05, 0) is 54.7 Å². The Kier molecular flexibility index (Phi) is 6.81. The zero-order valence-corrected chi connectivity index (χ0v) is 18.3. The zero-order chi connectivity index (χ0) is 22.7. The molecule has 170 valence electrons. The first-order chi connectivity index (χ1) is 15.3. The molecule has 3 aromatic rings. The number of fused-ring (bicyclic) bond motifs is 1. The van der Waals surface area contributed by atoms with E-state index in [-0.39, 0.29) is 11.0 Å². The van der Waals surface area contributed by atoms with E-state index in [1.807, 2.05) is 28.6 Å². The van der Waals surface area contributed by atoms with Crippen molar-refractivity contribution < 1.29 is 21.8 Å².